The lowest BCUT2D eigenvalue weighted by atomic mass is 9.75. The van der Waals surface area contributed by atoms with E-state index in [0.717, 1.165) is 0 Å². The predicted molar refractivity (Wildman–Crippen MR) is 116 cm³/mol. The number of nitrogens with zero attached hydrogens (tertiary/aromatic N) is 2. The van der Waals surface area contributed by atoms with Gasteiger partial charge < -0.3 is 9.72 Å². The fourth-order valence-corrected chi connectivity index (χ4v) is 4.19. The summed E-state index contributed by atoms with van der Waals surface area (Å²) in [5.74, 6) is -1.23. The molecule has 1 aromatic carbocycles. The van der Waals surface area contributed by atoms with Gasteiger partial charge in [-0.15, -0.1) is 0 Å². The van der Waals surface area contributed by atoms with Crippen molar-refractivity contribution in [2.75, 3.05) is 0 Å². The first kappa shape index (κ1) is 21.5. The number of cyclic esters (lactones) is 1. The molecule has 1 aliphatic rings. The van der Waals surface area contributed by atoms with Gasteiger partial charge in [0, 0.05) is 23.1 Å². The summed E-state index contributed by atoms with van der Waals surface area (Å²) in [4.78, 5) is 39.2. The fraction of sp³-hybridized carbons (Fsp3) is 0.304. The number of imide groups is 1. The topological polar surface area (TPSA) is 106 Å². The van der Waals surface area contributed by atoms with Gasteiger partial charge in [0.2, 0.25) is 0 Å². The number of aromatic amines is 1. The van der Waals surface area contributed by atoms with Crippen LogP contribution in [0.1, 0.15) is 39.2 Å². The molecule has 0 aliphatic carbocycles. The van der Waals surface area contributed by atoms with Crippen LogP contribution >= 0.6 is 0 Å². The molecule has 2 aromatic heterocycles. The van der Waals surface area contributed by atoms with E-state index in [4.69, 9.17) is 4.74 Å². The first-order valence-corrected chi connectivity index (χ1v) is 10.5. The number of H-pyrrole nitrogens is 1. The van der Waals surface area contributed by atoms with Crippen molar-refractivity contribution in [1.29, 1.82) is 0 Å². The minimum absolute atomic E-state index is 0.133. The largest absolute Gasteiger partial charge is 0.419 e. The van der Waals surface area contributed by atoms with Crippen LogP contribution in [0, 0.1) is 5.82 Å². The zero-order valence-corrected chi connectivity index (χ0v) is 18.0. The summed E-state index contributed by atoms with van der Waals surface area (Å²) in [5.41, 5.74) is 0.429. The zero-order chi connectivity index (χ0) is 23.0. The Morgan fingerprint density at radius 2 is 1.88 bits per heavy atom. The van der Waals surface area contributed by atoms with E-state index in [1.807, 2.05) is 20.8 Å². The molecular formula is C23H23FN4O4. The van der Waals surface area contributed by atoms with Crippen LogP contribution < -0.4 is 10.9 Å². The number of carbonyl (C=O) groups excluding carboxylic acids is 2. The Kier molecular flexibility index (Phi) is 5.41. The summed E-state index contributed by atoms with van der Waals surface area (Å²) in [7, 11) is 0. The lowest BCUT2D eigenvalue weighted by molar-refractivity contribution is -0.116. The third-order valence-corrected chi connectivity index (χ3v) is 6.11. The maximum atomic E-state index is 15.2. The molecule has 2 amide bonds. The Balaban J connectivity index is 1.79. The molecule has 8 nitrogen and oxygen atoms in total. The monoisotopic (exact) mass is 438 g/mol. The van der Waals surface area contributed by atoms with Crippen LogP contribution in [0.3, 0.4) is 0 Å². The van der Waals surface area contributed by atoms with Crippen molar-refractivity contribution in [1.82, 2.24) is 20.1 Å². The molecule has 2 N–H and O–H groups in total. The number of halogens is 1. The van der Waals surface area contributed by atoms with Crippen LogP contribution in [0.15, 0.2) is 47.1 Å². The van der Waals surface area contributed by atoms with E-state index in [1.165, 1.54) is 12.3 Å². The molecule has 166 valence electrons. The molecule has 1 aliphatic heterocycles. The highest BCUT2D eigenvalue weighted by Gasteiger charge is 2.35. The highest BCUT2D eigenvalue weighted by molar-refractivity contribution is 6.07. The molecule has 9 heteroatoms. The van der Waals surface area contributed by atoms with E-state index in [2.05, 4.69) is 15.4 Å². The predicted octanol–water partition coefficient (Wildman–Crippen LogP) is 3.76. The number of ether oxygens (including phenoxy) is 1. The van der Waals surface area contributed by atoms with Gasteiger partial charge in [0.25, 0.3) is 11.5 Å². The number of carbonyl (C=O) groups is 2. The minimum atomic E-state index is -0.844. The molecule has 3 heterocycles. The molecule has 0 unspecified atom stereocenters. The van der Waals surface area contributed by atoms with E-state index in [0.29, 0.717) is 41.5 Å². The normalized spacial score (nSPS) is 15.4. The van der Waals surface area contributed by atoms with Crippen molar-refractivity contribution < 1.29 is 18.7 Å². The number of aromatic nitrogens is 3. The summed E-state index contributed by atoms with van der Waals surface area (Å²) in [6, 6.07) is 6.67. The van der Waals surface area contributed by atoms with Crippen molar-refractivity contribution in [2.24, 2.45) is 0 Å². The van der Waals surface area contributed by atoms with Gasteiger partial charge in [-0.05, 0) is 44.0 Å². The Hall–Kier alpha value is -3.75. The number of aryl methyl sites for hydroxylation is 1. The first-order chi connectivity index (χ1) is 15.3. The van der Waals surface area contributed by atoms with Crippen LogP contribution in [0.2, 0.25) is 0 Å². The van der Waals surface area contributed by atoms with Gasteiger partial charge in [0.1, 0.15) is 5.82 Å². The van der Waals surface area contributed by atoms with Gasteiger partial charge in [0.15, 0.2) is 5.76 Å². The zero-order valence-electron chi connectivity index (χ0n) is 18.0. The third-order valence-electron chi connectivity index (χ3n) is 6.11. The van der Waals surface area contributed by atoms with E-state index >= 15 is 4.39 Å². The van der Waals surface area contributed by atoms with Crippen molar-refractivity contribution in [3.8, 4) is 11.3 Å². The summed E-state index contributed by atoms with van der Waals surface area (Å²) in [6.07, 6.45) is 3.11. The molecule has 0 radical (unpaired) electrons. The summed E-state index contributed by atoms with van der Waals surface area (Å²) < 4.78 is 21.8. The number of rotatable bonds is 6. The first-order valence-electron chi connectivity index (χ1n) is 10.5. The Morgan fingerprint density at radius 1 is 1.12 bits per heavy atom. The number of amides is 2. The molecule has 32 heavy (non-hydrogen) atoms. The van der Waals surface area contributed by atoms with Crippen LogP contribution in [-0.4, -0.2) is 26.8 Å². The number of nitrogens with one attached hydrogen (secondary N) is 2. The second kappa shape index (κ2) is 8.07. The summed E-state index contributed by atoms with van der Waals surface area (Å²) >= 11 is 0. The summed E-state index contributed by atoms with van der Waals surface area (Å²) in [5, 5.41) is 6.62. The molecule has 0 saturated carbocycles. The SMILES string of the molecule is CCn1ncc2c(F)c(-c3ccc(C(C=C4OC(=O)NC4=O)(CC)CC)c(=O)[nH]3)ccc21. The third kappa shape index (κ3) is 3.39. The molecular weight excluding hydrogens is 415 g/mol. The summed E-state index contributed by atoms with van der Waals surface area (Å²) in [6.45, 7) is 6.30. The maximum Gasteiger partial charge on any atom is 0.419 e. The minimum Gasteiger partial charge on any atom is -0.404 e. The molecule has 4 rings (SSSR count). The number of alkyl carbamates (subject to hydrolysis) is 1. The van der Waals surface area contributed by atoms with Gasteiger partial charge in [-0.1, -0.05) is 19.9 Å². The Labute approximate surface area is 183 Å². The molecule has 0 spiro atoms. The smallest absolute Gasteiger partial charge is 0.404 e. The average Bonchev–Trinajstić information content (AvgIpc) is 3.34. The second-order valence-electron chi connectivity index (χ2n) is 7.65. The lowest BCUT2D eigenvalue weighted by Crippen LogP contribution is -2.31. The Bertz CT molecular complexity index is 1320. The molecule has 1 saturated heterocycles. The number of fused-ring (bicyclic) bond motifs is 1. The van der Waals surface area contributed by atoms with Gasteiger partial charge in [-0.25, -0.2) is 9.18 Å². The standard InChI is InChI=1S/C23H23FN4O4/c1-4-23(5-2,11-18-21(30)27-22(31)32-18)15-8-9-16(26-20(15)29)13-7-10-17-14(19(13)24)12-25-28(17)6-3/h7-12H,4-6H2,1-3H3,(H,26,29)(H,27,30,31). The van der Waals surface area contributed by atoms with E-state index in [9.17, 15) is 14.4 Å². The van der Waals surface area contributed by atoms with Crippen molar-refractivity contribution in [3.63, 3.8) is 0 Å². The molecule has 3 aromatic rings. The Morgan fingerprint density at radius 3 is 2.47 bits per heavy atom. The quantitative estimate of drug-likeness (QED) is 0.570. The number of pyridine rings is 1. The highest BCUT2D eigenvalue weighted by atomic mass is 19.1. The maximum absolute atomic E-state index is 15.2. The number of hydrogen-bond acceptors (Lipinski definition) is 5. The van der Waals surface area contributed by atoms with Gasteiger partial charge >= 0.3 is 6.09 Å². The number of allylic oxidation sites excluding steroid dienone is 1. The van der Waals surface area contributed by atoms with Crippen LogP contribution in [0.25, 0.3) is 22.2 Å². The highest BCUT2D eigenvalue weighted by Crippen LogP contribution is 2.34. The van der Waals surface area contributed by atoms with Gasteiger partial charge in [-0.2, -0.15) is 5.10 Å². The van der Waals surface area contributed by atoms with Crippen LogP contribution in [0.5, 0.6) is 0 Å². The van der Waals surface area contributed by atoms with Crippen molar-refractivity contribution >= 4 is 22.9 Å². The van der Waals surface area contributed by atoms with E-state index < -0.39 is 28.8 Å². The average molecular weight is 438 g/mol. The fourth-order valence-electron chi connectivity index (χ4n) is 4.19. The van der Waals surface area contributed by atoms with Crippen LogP contribution in [0.4, 0.5) is 9.18 Å². The van der Waals surface area contributed by atoms with Gasteiger partial charge in [-0.3, -0.25) is 19.6 Å². The van der Waals surface area contributed by atoms with Crippen molar-refractivity contribution in [2.45, 2.75) is 45.6 Å². The van der Waals surface area contributed by atoms with Crippen molar-refractivity contribution in [3.05, 3.63) is 64.0 Å². The number of benzene rings is 1. The molecule has 0 atom stereocenters. The van der Waals surface area contributed by atoms with E-state index in [-0.39, 0.29) is 11.3 Å². The second-order valence-corrected chi connectivity index (χ2v) is 7.65. The lowest BCUT2D eigenvalue weighted by Gasteiger charge is -2.28. The molecule has 1 fully saturated rings. The van der Waals surface area contributed by atoms with Crippen LogP contribution in [-0.2, 0) is 21.5 Å². The van der Waals surface area contributed by atoms with Gasteiger partial charge in [0.05, 0.1) is 22.8 Å². The molecule has 0 bridgehead atoms. The van der Waals surface area contributed by atoms with E-state index in [1.54, 1.807) is 28.9 Å². The number of hydrogen-bond donors (Lipinski definition) is 2.